The fraction of sp³-hybridized carbons (Fsp3) is 0.926. The van der Waals surface area contributed by atoms with Gasteiger partial charge in [0.2, 0.25) is 16.3 Å². The molecule has 0 spiro atoms. The van der Waals surface area contributed by atoms with Crippen LogP contribution in [0.15, 0.2) is 0 Å². The molecule has 0 aliphatic carbocycles. The van der Waals surface area contributed by atoms with E-state index >= 15 is 0 Å². The first-order chi connectivity index (χ1) is 18.1. The molecule has 0 aromatic heterocycles. The number of fused-ring (bicyclic) bond motifs is 4. The zero-order valence-corrected chi connectivity index (χ0v) is 25.2. The van der Waals surface area contributed by atoms with Crippen molar-refractivity contribution < 1.29 is 31.3 Å². The van der Waals surface area contributed by atoms with Crippen molar-refractivity contribution in [3.05, 3.63) is 0 Å². The van der Waals surface area contributed by atoms with Crippen molar-refractivity contribution in [3.8, 4) is 0 Å². The van der Waals surface area contributed by atoms with E-state index in [4.69, 9.17) is 0 Å². The summed E-state index contributed by atoms with van der Waals surface area (Å²) in [4.78, 5) is 27.6. The molecular formula is C27H52N4O6S. The van der Waals surface area contributed by atoms with Crippen LogP contribution in [0.25, 0.3) is 0 Å². The number of hydrogen-bond donors (Lipinski definition) is 0. The molecule has 3 rings (SSSR count). The number of unbranched alkanes of at least 4 members (excludes halogenated alkanes) is 4. The normalized spacial score (nSPS) is 23.1. The van der Waals surface area contributed by atoms with Gasteiger partial charge in [-0.2, -0.15) is 9.35 Å². The third kappa shape index (κ3) is 8.79. The third-order valence-electron chi connectivity index (χ3n) is 8.16. The highest BCUT2D eigenvalue weighted by Gasteiger charge is 2.56. The Morgan fingerprint density at radius 3 is 1.76 bits per heavy atom. The van der Waals surface area contributed by atoms with Crippen molar-refractivity contribution in [2.75, 3.05) is 45.8 Å². The van der Waals surface area contributed by atoms with E-state index in [0.29, 0.717) is 24.6 Å². The highest BCUT2D eigenvalue weighted by molar-refractivity contribution is 7.80. The van der Waals surface area contributed by atoms with E-state index in [1.54, 1.807) is 4.90 Å². The van der Waals surface area contributed by atoms with Gasteiger partial charge >= 0.3 is 6.03 Å². The Morgan fingerprint density at radius 2 is 1.34 bits per heavy atom. The fourth-order valence-corrected chi connectivity index (χ4v) is 6.56. The van der Waals surface area contributed by atoms with Crippen molar-refractivity contribution in [1.29, 1.82) is 0 Å². The van der Waals surface area contributed by atoms with Crippen LogP contribution in [0.3, 0.4) is 0 Å². The average Bonchev–Trinajstić information content (AvgIpc) is 3.32. The Labute approximate surface area is 231 Å². The van der Waals surface area contributed by atoms with Gasteiger partial charge in [-0.25, -0.2) is 13.2 Å². The molecule has 0 N–H and O–H groups in total. The quantitative estimate of drug-likeness (QED) is 0.159. The monoisotopic (exact) mass is 560 g/mol. The Bertz CT molecular complexity index is 817. The van der Waals surface area contributed by atoms with Gasteiger partial charge in [0.05, 0.1) is 32.2 Å². The first kappa shape index (κ1) is 32.8. The summed E-state index contributed by atoms with van der Waals surface area (Å²) in [6.07, 6.45) is 12.4. The van der Waals surface area contributed by atoms with Crippen molar-refractivity contribution in [3.63, 3.8) is 0 Å². The molecule has 3 aliphatic heterocycles. The second-order valence-electron chi connectivity index (χ2n) is 11.3. The summed E-state index contributed by atoms with van der Waals surface area (Å²) in [5, 5.41) is 0.609. The Hall–Kier alpha value is -1.43. The molecule has 11 heteroatoms. The number of nitrogens with zero attached hydrogens (tertiary/aromatic N) is 4. The van der Waals surface area contributed by atoms with E-state index in [1.165, 1.54) is 86.9 Å². The Balaban J connectivity index is 0.000000275. The maximum Gasteiger partial charge on any atom is 0.346 e. The van der Waals surface area contributed by atoms with Crippen LogP contribution in [0.2, 0.25) is 0 Å². The Kier molecular flexibility index (Phi) is 13.3. The van der Waals surface area contributed by atoms with Gasteiger partial charge in [0.1, 0.15) is 6.04 Å². The van der Waals surface area contributed by atoms with Gasteiger partial charge < -0.3 is 18.8 Å². The maximum absolute atomic E-state index is 12.3. The van der Waals surface area contributed by atoms with Gasteiger partial charge in [0.25, 0.3) is 0 Å². The molecule has 222 valence electrons. The van der Waals surface area contributed by atoms with Crippen LogP contribution in [0.5, 0.6) is 0 Å². The molecule has 3 fully saturated rings. The summed E-state index contributed by atoms with van der Waals surface area (Å²) in [6, 6.07) is -1.79. The molecule has 3 aliphatic rings. The van der Waals surface area contributed by atoms with Crippen LogP contribution < -0.4 is 0 Å². The topological polar surface area (TPSA) is 110 Å². The zero-order valence-electron chi connectivity index (χ0n) is 24.4. The number of carbonyl (C=O) groups is 2. The molecule has 10 nitrogen and oxygen atoms in total. The molecule has 3 amide bonds. The standard InChI is InChI=1S/C16H36N.C11H17N3O6S/c1-5-9-13-17(14-10-6-2,15-11-7-3)16-12-8-4;1-2-3-12-5-7-4-8-6-13(9(7)10(12)15)11(16)14(8)20-21(17,18)19/h5-16H2,1-4H3;7-9H,2-6H2,1H3,(H,17,18,19)/q+1;/p-1/t;7-,8+,9-/m.0/s1. The predicted molar refractivity (Wildman–Crippen MR) is 147 cm³/mol. The van der Waals surface area contributed by atoms with Gasteiger partial charge in [0.15, 0.2) is 0 Å². The summed E-state index contributed by atoms with van der Waals surface area (Å²) in [6.45, 7) is 18.4. The maximum atomic E-state index is 12.3. The molecule has 2 bridgehead atoms. The molecule has 0 saturated carbocycles. The molecule has 0 radical (unpaired) electrons. The van der Waals surface area contributed by atoms with Gasteiger partial charge in [-0.3, -0.25) is 4.79 Å². The van der Waals surface area contributed by atoms with Gasteiger partial charge in [-0.05, 0) is 38.5 Å². The second-order valence-corrected chi connectivity index (χ2v) is 12.2. The molecule has 38 heavy (non-hydrogen) atoms. The van der Waals surface area contributed by atoms with Crippen LogP contribution in [-0.4, -0.2) is 102 Å². The minimum atomic E-state index is -5.00. The highest BCUT2D eigenvalue weighted by atomic mass is 32.3. The smallest absolute Gasteiger partial charge is 0.346 e. The molecule has 0 aromatic rings. The molecule has 0 unspecified atom stereocenters. The lowest BCUT2D eigenvalue weighted by Crippen LogP contribution is -2.50. The SMILES string of the molecule is CCCC[N+](CCCC)(CCCC)CCCC.CCCN1C[C@@H]2C[C@@H]3CN(C(=O)N3OS(=O)(=O)[O-])[C@@H]2C1=O. The van der Waals surface area contributed by atoms with Crippen LogP contribution in [0.1, 0.15) is 98.8 Å². The van der Waals surface area contributed by atoms with E-state index in [0.717, 1.165) is 6.42 Å². The van der Waals surface area contributed by atoms with Crippen molar-refractivity contribution in [2.24, 2.45) is 5.92 Å². The minimum absolute atomic E-state index is 0.0466. The van der Waals surface area contributed by atoms with Gasteiger partial charge in [-0.15, -0.1) is 0 Å². The molecule has 3 heterocycles. The predicted octanol–water partition coefficient (Wildman–Crippen LogP) is 4.13. The van der Waals surface area contributed by atoms with Crippen molar-refractivity contribution >= 4 is 22.3 Å². The summed E-state index contributed by atoms with van der Waals surface area (Å²) in [7, 11) is -5.00. The highest BCUT2D eigenvalue weighted by Crippen LogP contribution is 2.38. The number of hydrogen-bond acceptors (Lipinski definition) is 6. The van der Waals surface area contributed by atoms with Crippen molar-refractivity contribution in [1.82, 2.24) is 14.9 Å². The summed E-state index contributed by atoms with van der Waals surface area (Å²) in [5.41, 5.74) is 0. The number of urea groups is 1. The van der Waals surface area contributed by atoms with E-state index in [-0.39, 0.29) is 18.4 Å². The van der Waals surface area contributed by atoms with E-state index in [9.17, 15) is 22.6 Å². The van der Waals surface area contributed by atoms with Crippen LogP contribution in [0.4, 0.5) is 4.79 Å². The number of piperidine rings is 1. The van der Waals surface area contributed by atoms with E-state index in [2.05, 4.69) is 32.0 Å². The van der Waals surface area contributed by atoms with Crippen LogP contribution >= 0.6 is 0 Å². The minimum Gasteiger partial charge on any atom is -0.724 e. The molecule has 3 saturated heterocycles. The lowest BCUT2D eigenvalue weighted by atomic mass is 9.91. The molecule has 3 atom stereocenters. The summed E-state index contributed by atoms with van der Waals surface area (Å²) < 4.78 is 37.8. The largest absolute Gasteiger partial charge is 0.724 e. The number of likely N-dealkylation sites (tertiary alicyclic amines) is 1. The molecular weight excluding hydrogens is 508 g/mol. The first-order valence-corrected chi connectivity index (χ1v) is 16.3. The van der Waals surface area contributed by atoms with Gasteiger partial charge in [0, 0.05) is 25.6 Å². The Morgan fingerprint density at radius 1 is 0.842 bits per heavy atom. The lowest BCUT2D eigenvalue weighted by Gasteiger charge is -2.39. The number of quaternary nitrogens is 1. The number of carbonyl (C=O) groups excluding carboxylic acids is 2. The fourth-order valence-electron chi connectivity index (χ4n) is 6.17. The van der Waals surface area contributed by atoms with Crippen LogP contribution in [-0.2, 0) is 19.5 Å². The second kappa shape index (κ2) is 15.4. The molecule has 0 aromatic carbocycles. The summed E-state index contributed by atoms with van der Waals surface area (Å²) >= 11 is 0. The van der Waals surface area contributed by atoms with E-state index in [1.807, 2.05) is 6.92 Å². The number of hydroxylamine groups is 2. The lowest BCUT2D eigenvalue weighted by molar-refractivity contribution is -0.929. The van der Waals surface area contributed by atoms with Gasteiger partial charge in [-0.1, -0.05) is 60.3 Å². The first-order valence-electron chi connectivity index (χ1n) is 14.9. The zero-order chi connectivity index (χ0) is 28.3. The average molecular weight is 561 g/mol. The summed E-state index contributed by atoms with van der Waals surface area (Å²) in [5.74, 6) is -0.157. The third-order valence-corrected chi connectivity index (χ3v) is 8.50. The number of rotatable bonds is 16. The number of amides is 3. The van der Waals surface area contributed by atoms with E-state index < -0.39 is 28.5 Å². The van der Waals surface area contributed by atoms with Crippen molar-refractivity contribution in [2.45, 2.75) is 111 Å². The van der Waals surface area contributed by atoms with Crippen LogP contribution in [0, 0.1) is 5.92 Å².